The van der Waals surface area contributed by atoms with Gasteiger partial charge in [-0.25, -0.2) is 4.98 Å². The number of halogens is 2. The number of hydrogen-bond donors (Lipinski definition) is 1. The zero-order valence-corrected chi connectivity index (χ0v) is 10.8. The zero-order chi connectivity index (χ0) is 10.4. The van der Waals surface area contributed by atoms with Gasteiger partial charge < -0.3 is 5.32 Å². The van der Waals surface area contributed by atoms with Gasteiger partial charge in [-0.05, 0) is 43.4 Å². The van der Waals surface area contributed by atoms with E-state index in [2.05, 4.69) is 17.2 Å². The van der Waals surface area contributed by atoms with Crippen LogP contribution in [0.15, 0.2) is 12.3 Å². The Hall–Kier alpha value is -0.310. The fourth-order valence-corrected chi connectivity index (χ4v) is 3.30. The van der Waals surface area contributed by atoms with Gasteiger partial charge in [-0.3, -0.25) is 0 Å². The normalized spacial score (nSPS) is 31.5. The molecule has 1 N–H and O–H groups in total. The summed E-state index contributed by atoms with van der Waals surface area (Å²) in [6.07, 6.45) is 5.90. The molecule has 2 saturated heterocycles. The third-order valence-electron chi connectivity index (χ3n) is 3.82. The fourth-order valence-electron chi connectivity index (χ4n) is 3.09. The van der Waals surface area contributed by atoms with Crippen LogP contribution in [0.5, 0.6) is 0 Å². The quantitative estimate of drug-likeness (QED) is 0.784. The lowest BCUT2D eigenvalue weighted by Crippen LogP contribution is -2.22. The Morgan fingerprint density at radius 3 is 2.81 bits per heavy atom. The first kappa shape index (κ1) is 12.2. The molecule has 0 amide bonds. The van der Waals surface area contributed by atoms with Gasteiger partial charge in [0.1, 0.15) is 5.15 Å². The van der Waals surface area contributed by atoms with Crippen LogP contribution in [0.3, 0.4) is 0 Å². The minimum Gasteiger partial charge on any atom is -0.311 e. The SMILES string of the molecule is Cc1cc(Cl)ncc1[C@H]1C[C@@H]2CC[C@H]1N2.Cl. The van der Waals surface area contributed by atoms with Crippen molar-refractivity contribution in [3.63, 3.8) is 0 Å². The molecule has 16 heavy (non-hydrogen) atoms. The van der Waals surface area contributed by atoms with Crippen molar-refractivity contribution in [2.45, 2.75) is 44.2 Å². The number of aromatic nitrogens is 1. The van der Waals surface area contributed by atoms with Crippen LogP contribution >= 0.6 is 24.0 Å². The van der Waals surface area contributed by atoms with E-state index in [-0.39, 0.29) is 12.4 Å². The van der Waals surface area contributed by atoms with E-state index < -0.39 is 0 Å². The predicted molar refractivity (Wildman–Crippen MR) is 68.5 cm³/mol. The Kier molecular flexibility index (Phi) is 3.43. The molecule has 2 bridgehead atoms. The van der Waals surface area contributed by atoms with Crippen LogP contribution in [-0.2, 0) is 0 Å². The number of hydrogen-bond acceptors (Lipinski definition) is 2. The maximum absolute atomic E-state index is 5.88. The summed E-state index contributed by atoms with van der Waals surface area (Å²) in [6.45, 7) is 2.13. The minimum absolute atomic E-state index is 0. The van der Waals surface area contributed by atoms with Gasteiger partial charge in [0, 0.05) is 24.2 Å². The Bertz CT molecular complexity index is 395. The molecule has 88 valence electrons. The summed E-state index contributed by atoms with van der Waals surface area (Å²) in [7, 11) is 0. The van der Waals surface area contributed by atoms with Crippen LogP contribution < -0.4 is 5.32 Å². The highest BCUT2D eigenvalue weighted by molar-refractivity contribution is 6.29. The standard InChI is InChI=1S/C12H15ClN2.ClH/c1-7-4-12(13)14-6-10(7)9-5-8-2-3-11(9)15-8;/h4,6,8-9,11,15H,2-3,5H2,1H3;1H/t8-,9+,11+;/m0./s1. The summed E-state index contributed by atoms with van der Waals surface area (Å²) in [5.74, 6) is 0.661. The van der Waals surface area contributed by atoms with Gasteiger partial charge in [0.15, 0.2) is 0 Å². The molecule has 2 fully saturated rings. The average molecular weight is 259 g/mol. The topological polar surface area (TPSA) is 24.9 Å². The minimum atomic E-state index is 0. The van der Waals surface area contributed by atoms with Crippen molar-refractivity contribution in [3.05, 3.63) is 28.5 Å². The van der Waals surface area contributed by atoms with Gasteiger partial charge in [-0.2, -0.15) is 0 Å². The molecule has 4 heteroatoms. The maximum Gasteiger partial charge on any atom is 0.129 e. The van der Waals surface area contributed by atoms with Crippen LogP contribution in [0.25, 0.3) is 0 Å². The second-order valence-electron chi connectivity index (χ2n) is 4.75. The van der Waals surface area contributed by atoms with E-state index >= 15 is 0 Å². The molecule has 0 radical (unpaired) electrons. The molecule has 2 aliphatic rings. The molecule has 0 unspecified atom stereocenters. The number of rotatable bonds is 1. The van der Waals surface area contributed by atoms with Gasteiger partial charge in [0.05, 0.1) is 0 Å². The number of aryl methyl sites for hydroxylation is 1. The largest absolute Gasteiger partial charge is 0.311 e. The molecular weight excluding hydrogens is 243 g/mol. The first-order valence-electron chi connectivity index (χ1n) is 5.62. The number of fused-ring (bicyclic) bond motifs is 2. The van der Waals surface area contributed by atoms with Crippen molar-refractivity contribution in [1.29, 1.82) is 0 Å². The molecule has 3 atom stereocenters. The fraction of sp³-hybridized carbons (Fsp3) is 0.583. The van der Waals surface area contributed by atoms with Crippen molar-refractivity contribution in [1.82, 2.24) is 10.3 Å². The van der Waals surface area contributed by atoms with Crippen LogP contribution in [0, 0.1) is 6.92 Å². The highest BCUT2D eigenvalue weighted by Gasteiger charge is 2.40. The molecule has 0 aromatic carbocycles. The molecule has 3 heterocycles. The number of nitrogens with one attached hydrogen (secondary N) is 1. The highest BCUT2D eigenvalue weighted by atomic mass is 35.5. The lowest BCUT2D eigenvalue weighted by atomic mass is 9.83. The summed E-state index contributed by atoms with van der Waals surface area (Å²) >= 11 is 5.88. The lowest BCUT2D eigenvalue weighted by Gasteiger charge is -2.21. The van der Waals surface area contributed by atoms with Crippen LogP contribution in [-0.4, -0.2) is 17.1 Å². The predicted octanol–water partition coefficient (Wildman–Crippen LogP) is 3.07. The molecule has 1 aromatic rings. The monoisotopic (exact) mass is 258 g/mol. The summed E-state index contributed by atoms with van der Waals surface area (Å²) in [4.78, 5) is 4.21. The second kappa shape index (κ2) is 4.52. The van der Waals surface area contributed by atoms with Gasteiger partial charge in [-0.1, -0.05) is 11.6 Å². The summed E-state index contributed by atoms with van der Waals surface area (Å²) in [5.41, 5.74) is 2.67. The van der Waals surface area contributed by atoms with E-state index in [1.807, 2.05) is 12.3 Å². The Labute approximate surface area is 107 Å². The van der Waals surface area contributed by atoms with Gasteiger partial charge in [-0.15, -0.1) is 12.4 Å². The highest BCUT2D eigenvalue weighted by Crippen LogP contribution is 2.40. The summed E-state index contributed by atoms with van der Waals surface area (Å²) in [6, 6.07) is 3.40. The van der Waals surface area contributed by atoms with E-state index in [1.165, 1.54) is 30.4 Å². The van der Waals surface area contributed by atoms with Crippen molar-refractivity contribution < 1.29 is 0 Å². The van der Waals surface area contributed by atoms with E-state index in [1.54, 1.807) is 0 Å². The third-order valence-corrected chi connectivity index (χ3v) is 4.02. The van der Waals surface area contributed by atoms with Gasteiger partial charge in [0.2, 0.25) is 0 Å². The van der Waals surface area contributed by atoms with E-state index in [4.69, 9.17) is 11.6 Å². The third kappa shape index (κ3) is 1.94. The molecule has 2 aliphatic heterocycles. The van der Waals surface area contributed by atoms with E-state index in [0.29, 0.717) is 17.1 Å². The van der Waals surface area contributed by atoms with Crippen LogP contribution in [0.2, 0.25) is 5.15 Å². The maximum atomic E-state index is 5.88. The first-order chi connectivity index (χ1) is 7.24. The van der Waals surface area contributed by atoms with Crippen molar-refractivity contribution in [2.75, 3.05) is 0 Å². The number of pyridine rings is 1. The number of nitrogens with zero attached hydrogens (tertiary/aromatic N) is 1. The van der Waals surface area contributed by atoms with Gasteiger partial charge >= 0.3 is 0 Å². The van der Waals surface area contributed by atoms with E-state index in [9.17, 15) is 0 Å². The second-order valence-corrected chi connectivity index (χ2v) is 5.14. The molecule has 0 saturated carbocycles. The summed E-state index contributed by atoms with van der Waals surface area (Å²) in [5, 5.41) is 4.26. The van der Waals surface area contributed by atoms with E-state index in [0.717, 1.165) is 6.04 Å². The first-order valence-corrected chi connectivity index (χ1v) is 6.00. The molecular formula is C12H16Cl2N2. The van der Waals surface area contributed by atoms with Crippen molar-refractivity contribution in [3.8, 4) is 0 Å². The Morgan fingerprint density at radius 1 is 1.44 bits per heavy atom. The molecule has 0 aliphatic carbocycles. The van der Waals surface area contributed by atoms with Crippen molar-refractivity contribution >= 4 is 24.0 Å². The molecule has 3 rings (SSSR count). The Morgan fingerprint density at radius 2 is 2.25 bits per heavy atom. The van der Waals surface area contributed by atoms with Crippen molar-refractivity contribution in [2.24, 2.45) is 0 Å². The molecule has 0 spiro atoms. The lowest BCUT2D eigenvalue weighted by molar-refractivity contribution is 0.504. The average Bonchev–Trinajstić information content (AvgIpc) is 2.78. The summed E-state index contributed by atoms with van der Waals surface area (Å²) < 4.78 is 0. The molecule has 1 aromatic heterocycles. The zero-order valence-electron chi connectivity index (χ0n) is 9.24. The Balaban J connectivity index is 0.000000963. The van der Waals surface area contributed by atoms with Gasteiger partial charge in [0.25, 0.3) is 0 Å². The van der Waals surface area contributed by atoms with Crippen LogP contribution in [0.1, 0.15) is 36.3 Å². The molecule has 2 nitrogen and oxygen atoms in total. The smallest absolute Gasteiger partial charge is 0.129 e. The van der Waals surface area contributed by atoms with Crippen LogP contribution in [0.4, 0.5) is 0 Å².